The van der Waals surface area contributed by atoms with E-state index in [0.29, 0.717) is 6.10 Å². The van der Waals surface area contributed by atoms with Gasteiger partial charge >= 0.3 is 0 Å². The predicted octanol–water partition coefficient (Wildman–Crippen LogP) is 3.38. The summed E-state index contributed by atoms with van der Waals surface area (Å²) in [7, 11) is 1.84. The molecule has 12 heavy (non-hydrogen) atoms. The summed E-state index contributed by atoms with van der Waals surface area (Å²) >= 11 is 0. The van der Waals surface area contributed by atoms with Crippen LogP contribution in [-0.2, 0) is 4.74 Å². The van der Waals surface area contributed by atoms with Gasteiger partial charge in [-0.1, -0.05) is 26.2 Å². The second-order valence-electron chi connectivity index (χ2n) is 4.02. The second-order valence-corrected chi connectivity index (χ2v) is 4.02. The first kappa shape index (κ1) is 10.0. The van der Waals surface area contributed by atoms with Gasteiger partial charge in [0.05, 0.1) is 6.10 Å². The molecule has 1 nitrogen and oxygen atoms in total. The molecule has 1 heteroatoms. The third-order valence-electron chi connectivity index (χ3n) is 3.09. The maximum Gasteiger partial charge on any atom is 0.0571 e. The van der Waals surface area contributed by atoms with E-state index >= 15 is 0 Å². The molecule has 0 N–H and O–H groups in total. The first-order valence-corrected chi connectivity index (χ1v) is 5.39. The van der Waals surface area contributed by atoms with Crippen molar-refractivity contribution >= 4 is 0 Å². The van der Waals surface area contributed by atoms with E-state index in [1.807, 2.05) is 7.11 Å². The third-order valence-corrected chi connectivity index (χ3v) is 3.09. The zero-order valence-corrected chi connectivity index (χ0v) is 8.51. The predicted molar refractivity (Wildman–Crippen MR) is 52.3 cm³/mol. The van der Waals surface area contributed by atoms with Gasteiger partial charge in [0.1, 0.15) is 0 Å². The highest BCUT2D eigenvalue weighted by Crippen LogP contribution is 2.29. The van der Waals surface area contributed by atoms with Crippen LogP contribution in [0.4, 0.5) is 0 Å². The Morgan fingerprint density at radius 1 is 1.17 bits per heavy atom. The highest BCUT2D eigenvalue weighted by Gasteiger charge is 2.19. The van der Waals surface area contributed by atoms with Crippen molar-refractivity contribution in [3.05, 3.63) is 0 Å². The quantitative estimate of drug-likeness (QED) is 0.628. The number of hydrogen-bond acceptors (Lipinski definition) is 1. The van der Waals surface area contributed by atoms with Crippen LogP contribution in [0.1, 0.15) is 51.9 Å². The lowest BCUT2D eigenvalue weighted by Crippen LogP contribution is -2.20. The fraction of sp³-hybridized carbons (Fsp3) is 1.00. The molecule has 1 aliphatic rings. The smallest absolute Gasteiger partial charge is 0.0571 e. The van der Waals surface area contributed by atoms with Crippen LogP contribution < -0.4 is 0 Å². The van der Waals surface area contributed by atoms with E-state index in [-0.39, 0.29) is 0 Å². The van der Waals surface area contributed by atoms with E-state index in [2.05, 4.69) is 6.92 Å². The Kier molecular flexibility index (Phi) is 4.67. The molecule has 1 saturated carbocycles. The molecule has 0 atom stereocenters. The normalized spacial score (nSPS) is 30.5. The van der Waals surface area contributed by atoms with Gasteiger partial charge in [-0.2, -0.15) is 0 Å². The summed E-state index contributed by atoms with van der Waals surface area (Å²) in [6.45, 7) is 2.28. The van der Waals surface area contributed by atoms with Crippen molar-refractivity contribution in [2.24, 2.45) is 5.92 Å². The Bertz CT molecular complexity index is 104. The van der Waals surface area contributed by atoms with E-state index < -0.39 is 0 Å². The van der Waals surface area contributed by atoms with Crippen LogP contribution in [-0.4, -0.2) is 13.2 Å². The third kappa shape index (κ3) is 3.14. The van der Waals surface area contributed by atoms with E-state index in [1.54, 1.807) is 0 Å². The van der Waals surface area contributed by atoms with Crippen molar-refractivity contribution in [2.75, 3.05) is 7.11 Å². The Morgan fingerprint density at radius 3 is 2.33 bits per heavy atom. The number of hydrogen-bond donors (Lipinski definition) is 0. The summed E-state index contributed by atoms with van der Waals surface area (Å²) in [6, 6.07) is 0. The van der Waals surface area contributed by atoms with Crippen LogP contribution in [0.3, 0.4) is 0 Å². The van der Waals surface area contributed by atoms with Crippen molar-refractivity contribution in [1.82, 2.24) is 0 Å². The van der Waals surface area contributed by atoms with Gasteiger partial charge in [-0.05, 0) is 31.6 Å². The van der Waals surface area contributed by atoms with Gasteiger partial charge in [0.2, 0.25) is 0 Å². The molecule has 0 aromatic heterocycles. The largest absolute Gasteiger partial charge is 0.381 e. The Balaban J connectivity index is 2.09. The average molecular weight is 170 g/mol. The van der Waals surface area contributed by atoms with Crippen molar-refractivity contribution < 1.29 is 4.74 Å². The molecular weight excluding hydrogens is 148 g/mol. The molecule has 0 spiro atoms. The summed E-state index contributed by atoms with van der Waals surface area (Å²) < 4.78 is 5.34. The molecule has 0 aliphatic heterocycles. The number of methoxy groups -OCH3 is 1. The van der Waals surface area contributed by atoms with E-state index in [9.17, 15) is 0 Å². The van der Waals surface area contributed by atoms with Gasteiger partial charge in [-0.15, -0.1) is 0 Å². The van der Waals surface area contributed by atoms with Crippen molar-refractivity contribution in [1.29, 1.82) is 0 Å². The van der Waals surface area contributed by atoms with Gasteiger partial charge < -0.3 is 4.74 Å². The minimum absolute atomic E-state index is 0.572. The highest BCUT2D eigenvalue weighted by atomic mass is 16.5. The summed E-state index contributed by atoms with van der Waals surface area (Å²) in [5.74, 6) is 1.01. The average Bonchev–Trinajstić information content (AvgIpc) is 2.15. The maximum absolute atomic E-state index is 5.34. The Hall–Kier alpha value is -0.0400. The second kappa shape index (κ2) is 5.58. The summed E-state index contributed by atoms with van der Waals surface area (Å²) in [5.41, 5.74) is 0. The fourth-order valence-corrected chi connectivity index (χ4v) is 2.15. The van der Waals surface area contributed by atoms with Crippen LogP contribution in [0.25, 0.3) is 0 Å². The molecule has 0 amide bonds. The van der Waals surface area contributed by atoms with Crippen LogP contribution in [0, 0.1) is 5.92 Å². The van der Waals surface area contributed by atoms with Crippen LogP contribution in [0.2, 0.25) is 0 Å². The molecule has 1 rings (SSSR count). The molecule has 0 heterocycles. The molecule has 0 aromatic carbocycles. The monoisotopic (exact) mass is 170 g/mol. The zero-order chi connectivity index (χ0) is 8.81. The van der Waals surface area contributed by atoms with E-state index in [4.69, 9.17) is 4.74 Å². The molecule has 72 valence electrons. The lowest BCUT2D eigenvalue weighted by molar-refractivity contribution is 0.0552. The van der Waals surface area contributed by atoms with Gasteiger partial charge in [-0.25, -0.2) is 0 Å². The first-order valence-electron chi connectivity index (χ1n) is 5.39. The van der Waals surface area contributed by atoms with Crippen molar-refractivity contribution in [3.63, 3.8) is 0 Å². The van der Waals surface area contributed by atoms with Gasteiger partial charge in [-0.3, -0.25) is 0 Å². The van der Waals surface area contributed by atoms with E-state index in [1.165, 1.54) is 44.9 Å². The SMILES string of the molecule is CCCC[C@H]1CC[C@H](OC)CC1. The first-order chi connectivity index (χ1) is 5.86. The summed E-state index contributed by atoms with van der Waals surface area (Å²) in [6.07, 6.45) is 10.2. The van der Waals surface area contributed by atoms with Crippen LogP contribution in [0.15, 0.2) is 0 Å². The van der Waals surface area contributed by atoms with E-state index in [0.717, 1.165) is 5.92 Å². The zero-order valence-electron chi connectivity index (χ0n) is 8.51. The molecule has 0 unspecified atom stereocenters. The number of ether oxygens (including phenoxy) is 1. The van der Waals surface area contributed by atoms with Crippen molar-refractivity contribution in [2.45, 2.75) is 58.0 Å². The highest BCUT2D eigenvalue weighted by molar-refractivity contribution is 4.72. The fourth-order valence-electron chi connectivity index (χ4n) is 2.15. The van der Waals surface area contributed by atoms with Gasteiger partial charge in [0, 0.05) is 7.11 Å². The minimum atomic E-state index is 0.572. The maximum atomic E-state index is 5.34. The van der Waals surface area contributed by atoms with Crippen LogP contribution >= 0.6 is 0 Å². The molecule has 0 radical (unpaired) electrons. The van der Waals surface area contributed by atoms with Crippen molar-refractivity contribution in [3.8, 4) is 0 Å². The summed E-state index contributed by atoms with van der Waals surface area (Å²) in [4.78, 5) is 0. The Labute approximate surface area is 76.5 Å². The summed E-state index contributed by atoms with van der Waals surface area (Å²) in [5, 5.41) is 0. The topological polar surface area (TPSA) is 9.23 Å². The Morgan fingerprint density at radius 2 is 1.83 bits per heavy atom. The minimum Gasteiger partial charge on any atom is -0.381 e. The number of rotatable bonds is 4. The standard InChI is InChI=1S/C11H22O/c1-3-4-5-10-6-8-11(12-2)9-7-10/h10-11H,3-9H2,1-2H3/t10-,11-. The molecule has 0 saturated heterocycles. The molecule has 1 fully saturated rings. The molecule has 0 bridgehead atoms. The molecule has 0 aromatic rings. The number of unbranched alkanes of at least 4 members (excludes halogenated alkanes) is 1. The van der Waals surface area contributed by atoms with Gasteiger partial charge in [0.25, 0.3) is 0 Å². The van der Waals surface area contributed by atoms with Gasteiger partial charge in [0.15, 0.2) is 0 Å². The molecule has 1 aliphatic carbocycles. The molecular formula is C11H22O. The lowest BCUT2D eigenvalue weighted by Gasteiger charge is -2.27. The van der Waals surface area contributed by atoms with Crippen LogP contribution in [0.5, 0.6) is 0 Å². The lowest BCUT2D eigenvalue weighted by atomic mass is 9.84.